The van der Waals surface area contributed by atoms with Gasteiger partial charge >= 0.3 is 0 Å². The number of anilines is 4. The highest BCUT2D eigenvalue weighted by molar-refractivity contribution is 5.99. The summed E-state index contributed by atoms with van der Waals surface area (Å²) >= 11 is 0. The number of para-hydroxylation sites is 3. The third-order valence-corrected chi connectivity index (χ3v) is 13.3. The molecule has 0 fully saturated rings. The van der Waals surface area contributed by atoms with E-state index < -0.39 is 0 Å². The van der Waals surface area contributed by atoms with Crippen molar-refractivity contribution in [3.63, 3.8) is 0 Å². The Labute approximate surface area is 351 Å². The fourth-order valence-electron chi connectivity index (χ4n) is 10.5. The van der Waals surface area contributed by atoms with Crippen LogP contribution in [0.25, 0.3) is 11.1 Å². The van der Waals surface area contributed by atoms with Gasteiger partial charge in [0.15, 0.2) is 0 Å². The summed E-state index contributed by atoms with van der Waals surface area (Å²) in [6, 6.07) is 40.5. The first kappa shape index (κ1) is 37.0. The zero-order valence-electron chi connectivity index (χ0n) is 34.6. The van der Waals surface area contributed by atoms with E-state index in [2.05, 4.69) is 218 Å². The van der Waals surface area contributed by atoms with Gasteiger partial charge in [0.2, 0.25) is 0 Å². The summed E-state index contributed by atoms with van der Waals surface area (Å²) in [7, 11) is 0. The molecule has 292 valence electrons. The Morgan fingerprint density at radius 1 is 0.831 bits per heavy atom. The number of nitrogens with zero attached hydrogens (tertiary/aromatic N) is 3. The quantitative estimate of drug-likeness (QED) is 0.157. The molecule has 4 aromatic rings. The normalized spacial score (nSPS) is 23.2. The van der Waals surface area contributed by atoms with Crippen molar-refractivity contribution in [2.75, 3.05) is 14.7 Å². The molecule has 3 atom stereocenters. The molecule has 0 spiro atoms. The molecule has 2 aliphatic heterocycles. The molecule has 0 bridgehead atoms. The lowest BCUT2D eigenvalue weighted by molar-refractivity contribution is 0.575. The number of hydrogen-bond acceptors (Lipinski definition) is 3. The average molecular weight is 768 g/mol. The van der Waals surface area contributed by atoms with Gasteiger partial charge in [0.25, 0.3) is 0 Å². The summed E-state index contributed by atoms with van der Waals surface area (Å²) < 4.78 is 0. The van der Waals surface area contributed by atoms with Crippen LogP contribution in [0, 0.1) is 5.92 Å². The van der Waals surface area contributed by atoms with Crippen molar-refractivity contribution >= 4 is 33.9 Å². The van der Waals surface area contributed by atoms with Gasteiger partial charge in [-0.15, -0.1) is 0 Å². The number of hydrogen-bond donors (Lipinski definition) is 0. The van der Waals surface area contributed by atoms with Crippen molar-refractivity contribution in [1.29, 1.82) is 0 Å². The molecular formula is C56H53N3. The summed E-state index contributed by atoms with van der Waals surface area (Å²) in [5.41, 5.74) is 18.5. The van der Waals surface area contributed by atoms with E-state index in [-0.39, 0.29) is 17.5 Å². The molecule has 0 aromatic heterocycles. The molecule has 3 nitrogen and oxygen atoms in total. The zero-order valence-corrected chi connectivity index (χ0v) is 34.6. The highest BCUT2D eigenvalue weighted by atomic mass is 15.2. The SMILES string of the molecule is C/C=C\C=C(/CC)C1=CCCC(N2c3ccccc3C3=CC(c4ccc(N(C5=CC=CC6C5C5=C(C=CCC5)N6c5ccccc5)c5ccccc5)cc4)=CCC32C)=C1. The van der Waals surface area contributed by atoms with E-state index in [0.29, 0.717) is 0 Å². The number of rotatable bonds is 9. The van der Waals surface area contributed by atoms with Crippen LogP contribution in [-0.2, 0) is 0 Å². The Kier molecular flexibility index (Phi) is 9.69. The van der Waals surface area contributed by atoms with Gasteiger partial charge in [-0.05, 0) is 153 Å². The minimum Gasteiger partial charge on any atom is -0.334 e. The van der Waals surface area contributed by atoms with Crippen LogP contribution in [0.3, 0.4) is 0 Å². The van der Waals surface area contributed by atoms with Crippen LogP contribution < -0.4 is 14.7 Å². The number of benzene rings is 4. The highest BCUT2D eigenvalue weighted by Gasteiger charge is 2.47. The molecule has 0 radical (unpaired) electrons. The highest BCUT2D eigenvalue weighted by Crippen LogP contribution is 2.55. The van der Waals surface area contributed by atoms with Crippen LogP contribution in [0.5, 0.6) is 0 Å². The van der Waals surface area contributed by atoms with E-state index in [0.717, 1.165) is 38.5 Å². The molecule has 4 aliphatic carbocycles. The molecule has 3 unspecified atom stereocenters. The molecular weight excluding hydrogens is 715 g/mol. The van der Waals surface area contributed by atoms with E-state index in [4.69, 9.17) is 0 Å². The first-order chi connectivity index (χ1) is 29.1. The molecule has 0 saturated carbocycles. The Hall–Kier alpha value is -6.32. The van der Waals surface area contributed by atoms with Gasteiger partial charge < -0.3 is 14.7 Å². The van der Waals surface area contributed by atoms with Gasteiger partial charge in [0, 0.05) is 51.3 Å². The first-order valence-corrected chi connectivity index (χ1v) is 21.7. The molecule has 6 aliphatic rings. The van der Waals surface area contributed by atoms with Gasteiger partial charge in [-0.25, -0.2) is 0 Å². The second kappa shape index (κ2) is 15.5. The summed E-state index contributed by atoms with van der Waals surface area (Å²) in [6.45, 7) is 6.81. The average Bonchev–Trinajstić information content (AvgIpc) is 3.77. The molecule has 0 amide bonds. The first-order valence-electron chi connectivity index (χ1n) is 21.7. The minimum absolute atomic E-state index is 0.154. The molecule has 4 aromatic carbocycles. The molecule has 0 saturated heterocycles. The Morgan fingerprint density at radius 3 is 2.39 bits per heavy atom. The van der Waals surface area contributed by atoms with Gasteiger partial charge in [0.05, 0.1) is 11.6 Å². The van der Waals surface area contributed by atoms with E-state index in [1.165, 1.54) is 78.8 Å². The van der Waals surface area contributed by atoms with Gasteiger partial charge in [-0.3, -0.25) is 0 Å². The maximum atomic E-state index is 2.67. The lowest BCUT2D eigenvalue weighted by atomic mass is 9.79. The second-order valence-electron chi connectivity index (χ2n) is 16.7. The topological polar surface area (TPSA) is 9.72 Å². The predicted molar refractivity (Wildman–Crippen MR) is 250 cm³/mol. The van der Waals surface area contributed by atoms with Crippen LogP contribution in [0.2, 0.25) is 0 Å². The predicted octanol–water partition coefficient (Wildman–Crippen LogP) is 14.4. The van der Waals surface area contributed by atoms with Crippen molar-refractivity contribution in [2.24, 2.45) is 5.92 Å². The summed E-state index contributed by atoms with van der Waals surface area (Å²) in [4.78, 5) is 7.74. The third-order valence-electron chi connectivity index (χ3n) is 13.3. The fraction of sp³-hybridized carbons (Fsp3) is 0.214. The smallest absolute Gasteiger partial charge is 0.0712 e. The van der Waals surface area contributed by atoms with Crippen molar-refractivity contribution in [3.8, 4) is 0 Å². The molecule has 10 rings (SSSR count). The van der Waals surface area contributed by atoms with Crippen molar-refractivity contribution in [1.82, 2.24) is 0 Å². The van der Waals surface area contributed by atoms with Crippen LogP contribution in [0.1, 0.15) is 70.4 Å². The lowest BCUT2D eigenvalue weighted by Crippen LogP contribution is -2.43. The summed E-state index contributed by atoms with van der Waals surface area (Å²) in [6.07, 6.45) is 34.4. The van der Waals surface area contributed by atoms with Crippen LogP contribution in [0.15, 0.2) is 216 Å². The third kappa shape index (κ3) is 6.35. The minimum atomic E-state index is -0.154. The Morgan fingerprint density at radius 2 is 1.59 bits per heavy atom. The maximum Gasteiger partial charge on any atom is 0.0712 e. The lowest BCUT2D eigenvalue weighted by Gasteiger charge is -2.42. The van der Waals surface area contributed by atoms with Crippen molar-refractivity contribution in [2.45, 2.75) is 70.9 Å². The zero-order chi connectivity index (χ0) is 39.9. The van der Waals surface area contributed by atoms with Crippen molar-refractivity contribution < 1.29 is 0 Å². The Bertz CT molecular complexity index is 2590. The second-order valence-corrected chi connectivity index (χ2v) is 16.7. The fourth-order valence-corrected chi connectivity index (χ4v) is 10.5. The maximum absolute atomic E-state index is 2.67. The standard InChI is InChI=1S/C56H53N3/c1-4-6-19-40(5-2)42-20-17-25-47(38-42)59-52-29-16-13-26-48(52)50-39-43(36-37-56(50,59)3)41-32-34-46(35-33-41)57(44-21-9-7-10-22-44)53-30-18-31-54-55(53)49-27-14-15-28-51(49)58(54)45-23-11-8-12-24-45/h4,6-13,15-16,18-24,26,28-36,38-39,54-55H,5,14,17,25,27,37H2,1-3H3/b6-4-,40-19+. The summed E-state index contributed by atoms with van der Waals surface area (Å²) in [5, 5.41) is 0. The van der Waals surface area contributed by atoms with Crippen LogP contribution >= 0.6 is 0 Å². The van der Waals surface area contributed by atoms with Crippen LogP contribution in [0.4, 0.5) is 22.7 Å². The molecule has 3 heteroatoms. The largest absolute Gasteiger partial charge is 0.334 e. The van der Waals surface area contributed by atoms with E-state index in [9.17, 15) is 0 Å². The summed E-state index contributed by atoms with van der Waals surface area (Å²) in [5.74, 6) is 0.248. The van der Waals surface area contributed by atoms with E-state index >= 15 is 0 Å². The van der Waals surface area contributed by atoms with Crippen molar-refractivity contribution in [3.05, 3.63) is 227 Å². The van der Waals surface area contributed by atoms with Gasteiger partial charge in [-0.1, -0.05) is 122 Å². The number of allylic oxidation sites excluding steroid dienone is 14. The van der Waals surface area contributed by atoms with E-state index in [1.54, 1.807) is 0 Å². The molecule has 0 N–H and O–H groups in total. The Balaban J connectivity index is 0.988. The van der Waals surface area contributed by atoms with E-state index in [1.807, 2.05) is 0 Å². The van der Waals surface area contributed by atoms with Gasteiger partial charge in [-0.2, -0.15) is 0 Å². The molecule has 2 heterocycles. The monoisotopic (exact) mass is 767 g/mol. The van der Waals surface area contributed by atoms with Crippen LogP contribution in [-0.4, -0.2) is 11.6 Å². The van der Waals surface area contributed by atoms with Gasteiger partial charge in [0.1, 0.15) is 0 Å². The molecule has 59 heavy (non-hydrogen) atoms. The number of fused-ring (bicyclic) bond motifs is 5.